The number of halogens is 1. The predicted molar refractivity (Wildman–Crippen MR) is 69.1 cm³/mol. The summed E-state index contributed by atoms with van der Waals surface area (Å²) >= 11 is 3.34. The minimum atomic E-state index is -0.0679. The minimum Gasteiger partial charge on any atom is -0.484 e. The highest BCUT2D eigenvalue weighted by Crippen LogP contribution is 2.15. The van der Waals surface area contributed by atoms with Gasteiger partial charge in [0.2, 0.25) is 0 Å². The van der Waals surface area contributed by atoms with Crippen LogP contribution in [0.5, 0.6) is 5.75 Å². The van der Waals surface area contributed by atoms with Gasteiger partial charge < -0.3 is 15.4 Å². The van der Waals surface area contributed by atoms with E-state index in [0.29, 0.717) is 5.75 Å². The van der Waals surface area contributed by atoms with Crippen LogP contribution in [0.4, 0.5) is 0 Å². The van der Waals surface area contributed by atoms with Crippen LogP contribution in [0.1, 0.15) is 6.42 Å². The molecule has 1 aromatic rings. The zero-order valence-corrected chi connectivity index (χ0v) is 11.0. The third-order valence-corrected chi connectivity index (χ3v) is 3.14. The first-order valence-electron chi connectivity index (χ1n) is 5.62. The van der Waals surface area contributed by atoms with Crippen molar-refractivity contribution < 1.29 is 9.53 Å². The maximum atomic E-state index is 11.6. The molecule has 0 aromatic heterocycles. The van der Waals surface area contributed by atoms with Gasteiger partial charge in [0, 0.05) is 17.1 Å². The summed E-state index contributed by atoms with van der Waals surface area (Å²) in [5.41, 5.74) is 0. The number of benzene rings is 1. The Hall–Kier alpha value is -1.07. The fourth-order valence-electron chi connectivity index (χ4n) is 1.73. The Kier molecular flexibility index (Phi) is 4.39. The summed E-state index contributed by atoms with van der Waals surface area (Å²) in [7, 11) is 0. The van der Waals surface area contributed by atoms with E-state index in [9.17, 15) is 4.79 Å². The molecule has 2 N–H and O–H groups in total. The predicted octanol–water partition coefficient (Wildman–Crippen LogP) is 1.31. The van der Waals surface area contributed by atoms with Crippen molar-refractivity contribution in [2.24, 2.45) is 0 Å². The van der Waals surface area contributed by atoms with Gasteiger partial charge in [-0.25, -0.2) is 0 Å². The molecular weight excluding hydrogens is 284 g/mol. The van der Waals surface area contributed by atoms with Crippen LogP contribution in [0, 0.1) is 0 Å². The number of amides is 1. The van der Waals surface area contributed by atoms with Gasteiger partial charge in [0.1, 0.15) is 5.75 Å². The van der Waals surface area contributed by atoms with E-state index in [1.165, 1.54) is 0 Å². The van der Waals surface area contributed by atoms with Crippen LogP contribution in [0.2, 0.25) is 0 Å². The van der Waals surface area contributed by atoms with Crippen molar-refractivity contribution in [2.45, 2.75) is 12.5 Å². The molecule has 1 aliphatic rings. The lowest BCUT2D eigenvalue weighted by molar-refractivity contribution is -0.123. The van der Waals surface area contributed by atoms with Crippen molar-refractivity contribution >= 4 is 21.8 Å². The Bertz CT molecular complexity index is 375. The fraction of sp³-hybridized carbons (Fsp3) is 0.417. The van der Waals surface area contributed by atoms with Gasteiger partial charge in [-0.15, -0.1) is 0 Å². The van der Waals surface area contributed by atoms with Gasteiger partial charge in [0.05, 0.1) is 0 Å². The number of ether oxygens (including phenoxy) is 1. The van der Waals surface area contributed by atoms with Crippen molar-refractivity contribution in [1.82, 2.24) is 10.6 Å². The maximum absolute atomic E-state index is 11.6. The van der Waals surface area contributed by atoms with E-state index in [4.69, 9.17) is 4.74 Å². The molecule has 0 bridgehead atoms. The average molecular weight is 299 g/mol. The number of carbonyl (C=O) groups excluding carboxylic acids is 1. The Labute approximate surface area is 109 Å². The highest BCUT2D eigenvalue weighted by atomic mass is 79.9. The van der Waals surface area contributed by atoms with Crippen LogP contribution in [-0.4, -0.2) is 31.6 Å². The first-order chi connectivity index (χ1) is 8.24. The SMILES string of the molecule is O=C(COc1ccc(Br)cc1)NC1CCNC1. The third kappa shape index (κ3) is 4.02. The molecule has 17 heavy (non-hydrogen) atoms. The van der Waals surface area contributed by atoms with Crippen LogP contribution >= 0.6 is 15.9 Å². The molecule has 2 rings (SSSR count). The van der Waals surface area contributed by atoms with Gasteiger partial charge in [-0.1, -0.05) is 15.9 Å². The average Bonchev–Trinajstić information content (AvgIpc) is 2.81. The molecule has 1 heterocycles. The van der Waals surface area contributed by atoms with E-state index in [1.54, 1.807) is 0 Å². The normalized spacial score (nSPS) is 19.0. The summed E-state index contributed by atoms with van der Waals surface area (Å²) in [4.78, 5) is 11.6. The molecular formula is C12H15BrN2O2. The second-order valence-corrected chi connectivity index (χ2v) is 4.92. The molecule has 0 spiro atoms. The van der Waals surface area contributed by atoms with Crippen molar-refractivity contribution in [3.05, 3.63) is 28.7 Å². The summed E-state index contributed by atoms with van der Waals surface area (Å²) < 4.78 is 6.37. The van der Waals surface area contributed by atoms with Crippen LogP contribution < -0.4 is 15.4 Å². The van der Waals surface area contributed by atoms with Crippen molar-refractivity contribution in [1.29, 1.82) is 0 Å². The number of hydrogen-bond donors (Lipinski definition) is 2. The quantitative estimate of drug-likeness (QED) is 0.881. The molecule has 1 aliphatic heterocycles. The molecule has 1 fully saturated rings. The first kappa shape index (κ1) is 12.4. The molecule has 5 heteroatoms. The molecule has 1 unspecified atom stereocenters. The lowest BCUT2D eigenvalue weighted by Crippen LogP contribution is -2.39. The Morgan fingerprint density at radius 3 is 2.88 bits per heavy atom. The summed E-state index contributed by atoms with van der Waals surface area (Å²) in [6, 6.07) is 7.67. The minimum absolute atomic E-state index is 0.0676. The molecule has 1 amide bonds. The topological polar surface area (TPSA) is 50.4 Å². The van der Waals surface area contributed by atoms with E-state index in [0.717, 1.165) is 24.0 Å². The Morgan fingerprint density at radius 1 is 1.47 bits per heavy atom. The zero-order valence-electron chi connectivity index (χ0n) is 9.41. The molecule has 0 aliphatic carbocycles. The lowest BCUT2D eigenvalue weighted by Gasteiger charge is -2.11. The summed E-state index contributed by atoms with van der Waals surface area (Å²) in [5, 5.41) is 6.12. The van der Waals surface area contributed by atoms with E-state index in [1.807, 2.05) is 24.3 Å². The molecule has 92 valence electrons. The standard InChI is InChI=1S/C12H15BrN2O2/c13-9-1-3-11(4-2-9)17-8-12(16)15-10-5-6-14-7-10/h1-4,10,14H,5-8H2,(H,15,16). The van der Waals surface area contributed by atoms with E-state index < -0.39 is 0 Å². The fourth-order valence-corrected chi connectivity index (χ4v) is 1.99. The molecule has 1 aromatic carbocycles. The Balaban J connectivity index is 1.73. The molecule has 4 nitrogen and oxygen atoms in total. The van der Waals surface area contributed by atoms with Gasteiger partial charge in [-0.2, -0.15) is 0 Å². The molecule has 0 saturated carbocycles. The highest BCUT2D eigenvalue weighted by Gasteiger charge is 2.16. The number of carbonyl (C=O) groups is 1. The van der Waals surface area contributed by atoms with Gasteiger partial charge in [-0.3, -0.25) is 4.79 Å². The van der Waals surface area contributed by atoms with Crippen LogP contribution in [0.25, 0.3) is 0 Å². The molecule has 0 radical (unpaired) electrons. The number of rotatable bonds is 4. The number of hydrogen-bond acceptors (Lipinski definition) is 3. The van der Waals surface area contributed by atoms with E-state index >= 15 is 0 Å². The van der Waals surface area contributed by atoms with E-state index in [-0.39, 0.29) is 18.6 Å². The van der Waals surface area contributed by atoms with Gasteiger partial charge in [-0.05, 0) is 37.2 Å². The first-order valence-corrected chi connectivity index (χ1v) is 6.42. The van der Waals surface area contributed by atoms with Crippen molar-refractivity contribution in [2.75, 3.05) is 19.7 Å². The van der Waals surface area contributed by atoms with Crippen LogP contribution in [-0.2, 0) is 4.79 Å². The van der Waals surface area contributed by atoms with E-state index in [2.05, 4.69) is 26.6 Å². The second-order valence-electron chi connectivity index (χ2n) is 4.00. The largest absolute Gasteiger partial charge is 0.484 e. The van der Waals surface area contributed by atoms with Crippen LogP contribution in [0.15, 0.2) is 28.7 Å². The maximum Gasteiger partial charge on any atom is 0.258 e. The smallest absolute Gasteiger partial charge is 0.258 e. The van der Waals surface area contributed by atoms with Crippen molar-refractivity contribution in [3.63, 3.8) is 0 Å². The second kappa shape index (κ2) is 6.02. The van der Waals surface area contributed by atoms with Crippen molar-refractivity contribution in [3.8, 4) is 5.75 Å². The summed E-state index contributed by atoms with van der Waals surface area (Å²) in [6.07, 6.45) is 0.990. The zero-order chi connectivity index (χ0) is 12.1. The Morgan fingerprint density at radius 2 is 2.24 bits per heavy atom. The molecule has 1 atom stereocenters. The monoisotopic (exact) mass is 298 g/mol. The third-order valence-electron chi connectivity index (χ3n) is 2.61. The van der Waals surface area contributed by atoms with Gasteiger partial charge in [0.25, 0.3) is 5.91 Å². The van der Waals surface area contributed by atoms with Gasteiger partial charge in [0.15, 0.2) is 6.61 Å². The van der Waals surface area contributed by atoms with Crippen LogP contribution in [0.3, 0.4) is 0 Å². The molecule has 1 saturated heterocycles. The van der Waals surface area contributed by atoms with Gasteiger partial charge >= 0.3 is 0 Å². The highest BCUT2D eigenvalue weighted by molar-refractivity contribution is 9.10. The lowest BCUT2D eigenvalue weighted by atomic mass is 10.2. The summed E-state index contributed by atoms with van der Waals surface area (Å²) in [5.74, 6) is 0.634. The number of nitrogens with one attached hydrogen (secondary N) is 2. The summed E-state index contributed by atoms with van der Waals surface area (Å²) in [6.45, 7) is 1.89.